The molecule has 0 atom stereocenters. The van der Waals surface area contributed by atoms with E-state index in [9.17, 15) is 9.59 Å². The first-order valence-electron chi connectivity index (χ1n) is 10.3. The third-order valence-corrected chi connectivity index (χ3v) is 5.29. The summed E-state index contributed by atoms with van der Waals surface area (Å²) in [5.41, 5.74) is 3.81. The van der Waals surface area contributed by atoms with Gasteiger partial charge in [-0.1, -0.05) is 24.3 Å². The SMILES string of the molecule is Cc1ccccc1-c1cc(C(=O)NCC(=O)OCC2CC2)c2cnn(C(C)C)c2n1. The van der Waals surface area contributed by atoms with E-state index in [0.29, 0.717) is 34.8 Å². The van der Waals surface area contributed by atoms with E-state index in [0.717, 1.165) is 24.0 Å². The number of ether oxygens (including phenoxy) is 1. The van der Waals surface area contributed by atoms with Crippen molar-refractivity contribution < 1.29 is 14.3 Å². The highest BCUT2D eigenvalue weighted by molar-refractivity contribution is 6.07. The quantitative estimate of drug-likeness (QED) is 0.605. The molecule has 3 aromatic rings. The average molecular weight is 406 g/mol. The first kappa shape index (κ1) is 20.1. The normalized spacial score (nSPS) is 13.6. The first-order chi connectivity index (χ1) is 14.4. The second kappa shape index (κ2) is 8.26. The Bertz CT molecular complexity index is 1100. The van der Waals surface area contributed by atoms with Gasteiger partial charge in [0, 0.05) is 11.6 Å². The van der Waals surface area contributed by atoms with Crippen molar-refractivity contribution in [3.05, 3.63) is 47.7 Å². The third-order valence-electron chi connectivity index (χ3n) is 5.29. The molecule has 2 heterocycles. The Hall–Kier alpha value is -3.22. The summed E-state index contributed by atoms with van der Waals surface area (Å²) in [4.78, 5) is 29.7. The molecule has 156 valence electrons. The van der Waals surface area contributed by atoms with Crippen LogP contribution in [0.15, 0.2) is 36.5 Å². The minimum Gasteiger partial charge on any atom is -0.464 e. The first-order valence-corrected chi connectivity index (χ1v) is 10.3. The molecule has 1 N–H and O–H groups in total. The Morgan fingerprint density at radius 3 is 2.73 bits per heavy atom. The zero-order valence-electron chi connectivity index (χ0n) is 17.5. The number of carbonyl (C=O) groups excluding carboxylic acids is 2. The molecule has 0 radical (unpaired) electrons. The van der Waals surface area contributed by atoms with Crippen LogP contribution in [0.3, 0.4) is 0 Å². The standard InChI is InChI=1S/C23H26N4O3/c1-14(2)27-22-19(11-25-27)18(10-20(26-22)17-7-5-4-6-15(17)3)23(29)24-12-21(28)30-13-16-8-9-16/h4-7,10-11,14,16H,8-9,12-13H2,1-3H3,(H,24,29). The Morgan fingerprint density at radius 2 is 2.03 bits per heavy atom. The maximum Gasteiger partial charge on any atom is 0.325 e. The predicted octanol–water partition coefficient (Wildman–Crippen LogP) is 3.67. The summed E-state index contributed by atoms with van der Waals surface area (Å²) < 4.78 is 7.00. The molecule has 0 aliphatic heterocycles. The number of carbonyl (C=O) groups is 2. The van der Waals surface area contributed by atoms with Gasteiger partial charge in [0.05, 0.1) is 29.4 Å². The van der Waals surface area contributed by atoms with Crippen molar-refractivity contribution in [3.8, 4) is 11.3 Å². The maximum atomic E-state index is 13.0. The van der Waals surface area contributed by atoms with E-state index < -0.39 is 5.97 Å². The van der Waals surface area contributed by atoms with Crippen molar-refractivity contribution in [3.63, 3.8) is 0 Å². The second-order valence-corrected chi connectivity index (χ2v) is 8.10. The molecule has 0 saturated heterocycles. The fraction of sp³-hybridized carbons (Fsp3) is 0.391. The van der Waals surface area contributed by atoms with Gasteiger partial charge in [0.1, 0.15) is 6.54 Å². The van der Waals surface area contributed by atoms with Crippen LogP contribution in [0.2, 0.25) is 0 Å². The number of aromatic nitrogens is 3. The minimum absolute atomic E-state index is 0.0930. The van der Waals surface area contributed by atoms with E-state index in [-0.39, 0.29) is 18.5 Å². The Labute approximate surface area is 175 Å². The van der Waals surface area contributed by atoms with Crippen molar-refractivity contribution in [2.24, 2.45) is 5.92 Å². The zero-order chi connectivity index (χ0) is 21.3. The molecule has 1 saturated carbocycles. The average Bonchev–Trinajstić information content (AvgIpc) is 3.46. The maximum absolute atomic E-state index is 13.0. The molecule has 1 aliphatic rings. The zero-order valence-corrected chi connectivity index (χ0v) is 17.5. The van der Waals surface area contributed by atoms with Gasteiger partial charge in [-0.05, 0) is 51.2 Å². The number of amides is 1. The molecule has 0 unspecified atom stereocenters. The number of fused-ring (bicyclic) bond motifs is 1. The molecule has 1 amide bonds. The van der Waals surface area contributed by atoms with Crippen molar-refractivity contribution in [1.29, 1.82) is 0 Å². The van der Waals surface area contributed by atoms with Gasteiger partial charge in [0.15, 0.2) is 5.65 Å². The largest absolute Gasteiger partial charge is 0.464 e. The van der Waals surface area contributed by atoms with Crippen LogP contribution in [0.4, 0.5) is 0 Å². The van der Waals surface area contributed by atoms with Gasteiger partial charge in [-0.25, -0.2) is 9.67 Å². The molecule has 7 nitrogen and oxygen atoms in total. The summed E-state index contributed by atoms with van der Waals surface area (Å²) >= 11 is 0. The third kappa shape index (κ3) is 4.20. The molecule has 1 aromatic carbocycles. The molecule has 2 aromatic heterocycles. The number of rotatable bonds is 7. The minimum atomic E-state index is -0.419. The van der Waals surface area contributed by atoms with Gasteiger partial charge in [0.25, 0.3) is 5.91 Å². The molecule has 0 spiro atoms. The summed E-state index contributed by atoms with van der Waals surface area (Å²) in [7, 11) is 0. The van der Waals surface area contributed by atoms with E-state index in [4.69, 9.17) is 9.72 Å². The highest BCUT2D eigenvalue weighted by Gasteiger charge is 2.23. The molecule has 1 fully saturated rings. The summed E-state index contributed by atoms with van der Waals surface area (Å²) in [6, 6.07) is 9.77. The van der Waals surface area contributed by atoms with E-state index in [1.807, 2.05) is 45.0 Å². The Balaban J connectivity index is 1.66. The molecular weight excluding hydrogens is 380 g/mol. The van der Waals surface area contributed by atoms with Crippen molar-refractivity contribution in [1.82, 2.24) is 20.1 Å². The number of hydrogen-bond donors (Lipinski definition) is 1. The fourth-order valence-electron chi connectivity index (χ4n) is 3.38. The highest BCUT2D eigenvalue weighted by atomic mass is 16.5. The van der Waals surface area contributed by atoms with Gasteiger partial charge in [-0.3, -0.25) is 9.59 Å². The van der Waals surface area contributed by atoms with Gasteiger partial charge < -0.3 is 10.1 Å². The van der Waals surface area contributed by atoms with Crippen LogP contribution in [0.5, 0.6) is 0 Å². The number of pyridine rings is 1. The lowest BCUT2D eigenvalue weighted by Gasteiger charge is -2.12. The Kier molecular flexibility index (Phi) is 5.53. The van der Waals surface area contributed by atoms with Crippen LogP contribution in [-0.2, 0) is 9.53 Å². The van der Waals surface area contributed by atoms with Crippen molar-refractivity contribution in [2.75, 3.05) is 13.2 Å². The van der Waals surface area contributed by atoms with E-state index in [1.165, 1.54) is 0 Å². The van der Waals surface area contributed by atoms with Crippen molar-refractivity contribution in [2.45, 2.75) is 39.7 Å². The van der Waals surface area contributed by atoms with Gasteiger partial charge >= 0.3 is 5.97 Å². The number of aryl methyl sites for hydroxylation is 1. The van der Waals surface area contributed by atoms with Gasteiger partial charge in [-0.15, -0.1) is 0 Å². The van der Waals surface area contributed by atoms with Crippen LogP contribution in [0, 0.1) is 12.8 Å². The van der Waals surface area contributed by atoms with Crippen molar-refractivity contribution >= 4 is 22.9 Å². The summed E-state index contributed by atoms with van der Waals surface area (Å²) in [6.07, 6.45) is 3.87. The lowest BCUT2D eigenvalue weighted by atomic mass is 10.0. The molecule has 7 heteroatoms. The molecule has 4 rings (SSSR count). The van der Waals surface area contributed by atoms with Gasteiger partial charge in [-0.2, -0.15) is 5.10 Å². The molecule has 30 heavy (non-hydrogen) atoms. The van der Waals surface area contributed by atoms with Crippen LogP contribution in [0.25, 0.3) is 22.3 Å². The summed E-state index contributed by atoms with van der Waals surface area (Å²) in [5.74, 6) is -0.274. The molecular formula is C23H26N4O3. The van der Waals surface area contributed by atoms with Crippen LogP contribution in [0.1, 0.15) is 48.7 Å². The lowest BCUT2D eigenvalue weighted by Crippen LogP contribution is -2.31. The van der Waals surface area contributed by atoms with E-state index in [1.54, 1.807) is 16.9 Å². The topological polar surface area (TPSA) is 86.1 Å². The highest BCUT2D eigenvalue weighted by Crippen LogP contribution is 2.29. The second-order valence-electron chi connectivity index (χ2n) is 8.10. The fourth-order valence-corrected chi connectivity index (χ4v) is 3.38. The van der Waals surface area contributed by atoms with E-state index >= 15 is 0 Å². The van der Waals surface area contributed by atoms with Gasteiger partial charge in [0.2, 0.25) is 0 Å². The summed E-state index contributed by atoms with van der Waals surface area (Å²) in [6.45, 7) is 6.32. The van der Waals surface area contributed by atoms with Crippen LogP contribution < -0.4 is 5.32 Å². The number of esters is 1. The predicted molar refractivity (Wildman–Crippen MR) is 114 cm³/mol. The lowest BCUT2D eigenvalue weighted by molar-refractivity contribution is -0.142. The summed E-state index contributed by atoms with van der Waals surface area (Å²) in [5, 5.41) is 7.77. The van der Waals surface area contributed by atoms with Crippen LogP contribution in [-0.4, -0.2) is 39.8 Å². The number of hydrogen-bond acceptors (Lipinski definition) is 5. The number of nitrogens with zero attached hydrogens (tertiary/aromatic N) is 3. The Morgan fingerprint density at radius 1 is 1.27 bits per heavy atom. The molecule has 1 aliphatic carbocycles. The monoisotopic (exact) mass is 406 g/mol. The smallest absolute Gasteiger partial charge is 0.325 e. The number of benzene rings is 1. The van der Waals surface area contributed by atoms with E-state index in [2.05, 4.69) is 10.4 Å². The number of nitrogens with one attached hydrogen (secondary N) is 1. The molecule has 0 bridgehead atoms. The van der Waals surface area contributed by atoms with Crippen LogP contribution >= 0.6 is 0 Å².